The fourth-order valence-electron chi connectivity index (χ4n) is 3.56. The van der Waals surface area contributed by atoms with Crippen LogP contribution in [0.1, 0.15) is 55.5 Å². The van der Waals surface area contributed by atoms with Gasteiger partial charge in [-0.2, -0.15) is 0 Å². The van der Waals surface area contributed by atoms with E-state index >= 15 is 0 Å². The normalized spacial score (nSPS) is 23.7. The summed E-state index contributed by atoms with van der Waals surface area (Å²) in [6.07, 6.45) is 8.28. The number of hydrogen-bond donors (Lipinski definition) is 1. The summed E-state index contributed by atoms with van der Waals surface area (Å²) in [4.78, 5) is 20.2. The first kappa shape index (κ1) is 16.4. The Bertz CT molecular complexity index is 621. The minimum atomic E-state index is 0.207. The van der Waals surface area contributed by atoms with Crippen LogP contribution in [0.5, 0.6) is 0 Å². The van der Waals surface area contributed by atoms with Crippen molar-refractivity contribution in [2.24, 2.45) is 0 Å². The van der Waals surface area contributed by atoms with E-state index in [1.54, 1.807) is 7.11 Å². The Hall–Kier alpha value is -1.42. The minimum Gasteiger partial charge on any atom is -0.381 e. The molecule has 0 atom stereocenters. The maximum Gasteiger partial charge on any atom is 0.223 e. The summed E-state index contributed by atoms with van der Waals surface area (Å²) in [6, 6.07) is 0.255. The van der Waals surface area contributed by atoms with Gasteiger partial charge in [-0.05, 0) is 63.0 Å². The van der Waals surface area contributed by atoms with Crippen LogP contribution < -0.4 is 5.32 Å². The lowest BCUT2D eigenvalue weighted by atomic mass is 9.91. The summed E-state index contributed by atoms with van der Waals surface area (Å²) < 4.78 is 5.40. The molecule has 2 aliphatic rings. The van der Waals surface area contributed by atoms with Crippen LogP contribution in [0.4, 0.5) is 0 Å². The molecule has 0 bridgehead atoms. The maximum absolute atomic E-state index is 11.5. The Balaban J connectivity index is 1.79. The third-order valence-corrected chi connectivity index (χ3v) is 5.02. The second kappa shape index (κ2) is 7.43. The lowest BCUT2D eigenvalue weighted by Crippen LogP contribution is -2.35. The molecule has 3 rings (SSSR count). The molecule has 23 heavy (non-hydrogen) atoms. The molecule has 2 aliphatic carbocycles. The highest BCUT2D eigenvalue weighted by atomic mass is 35.5. The smallest absolute Gasteiger partial charge is 0.223 e. The molecule has 0 radical (unpaired) electrons. The minimum absolute atomic E-state index is 0.207. The number of aryl methyl sites for hydroxylation is 1. The first-order valence-electron chi connectivity index (χ1n) is 8.31. The first-order chi connectivity index (χ1) is 11.2. The number of methoxy groups -OCH3 is 1. The molecule has 1 fully saturated rings. The van der Waals surface area contributed by atoms with Gasteiger partial charge in [-0.15, -0.1) is 0 Å². The van der Waals surface area contributed by atoms with Crippen LogP contribution in [0.2, 0.25) is 5.28 Å². The quantitative estimate of drug-likeness (QED) is 0.677. The number of rotatable bonds is 4. The highest BCUT2D eigenvalue weighted by molar-refractivity contribution is 6.28. The SMILES string of the molecule is COC1CCC(NC(=C=O)c2nc(Cl)nc3c2CCCC3)CC1. The molecule has 1 aromatic heterocycles. The van der Waals surface area contributed by atoms with Gasteiger partial charge < -0.3 is 10.1 Å². The van der Waals surface area contributed by atoms with Gasteiger partial charge in [0, 0.05) is 24.4 Å². The van der Waals surface area contributed by atoms with Crippen LogP contribution in [0.25, 0.3) is 5.70 Å². The molecule has 0 saturated heterocycles. The largest absolute Gasteiger partial charge is 0.381 e. The fourth-order valence-corrected chi connectivity index (χ4v) is 3.75. The van der Waals surface area contributed by atoms with Crippen molar-refractivity contribution in [2.45, 2.75) is 63.5 Å². The van der Waals surface area contributed by atoms with Crippen LogP contribution in [0, 0.1) is 0 Å². The standard InChI is InChI=1S/C17H22ClN3O2/c1-23-12-8-6-11(7-9-12)19-15(10-22)16-13-4-2-3-5-14(13)20-17(18)21-16/h11-12,19H,2-9H2,1H3. The van der Waals surface area contributed by atoms with Gasteiger partial charge in [0.1, 0.15) is 11.4 Å². The number of hydrogen-bond acceptors (Lipinski definition) is 5. The Morgan fingerprint density at radius 1 is 1.22 bits per heavy atom. The lowest BCUT2D eigenvalue weighted by molar-refractivity contribution is 0.0643. The average molecular weight is 336 g/mol. The van der Waals surface area contributed by atoms with Crippen molar-refractivity contribution in [3.8, 4) is 0 Å². The summed E-state index contributed by atoms with van der Waals surface area (Å²) in [5.74, 6) is 2.04. The van der Waals surface area contributed by atoms with Crippen molar-refractivity contribution in [3.63, 3.8) is 0 Å². The van der Waals surface area contributed by atoms with Crippen LogP contribution in [-0.2, 0) is 22.4 Å². The molecule has 1 aromatic rings. The van der Waals surface area contributed by atoms with Gasteiger partial charge in [0.25, 0.3) is 0 Å². The van der Waals surface area contributed by atoms with E-state index in [0.717, 1.165) is 62.6 Å². The summed E-state index contributed by atoms with van der Waals surface area (Å²) in [5, 5.41) is 3.54. The Labute approximate surface area is 141 Å². The van der Waals surface area contributed by atoms with Gasteiger partial charge in [-0.1, -0.05) is 0 Å². The average Bonchev–Trinajstić information content (AvgIpc) is 2.59. The molecule has 0 aliphatic heterocycles. The third kappa shape index (κ3) is 3.74. The molecule has 5 nitrogen and oxygen atoms in total. The summed E-state index contributed by atoms with van der Waals surface area (Å²) >= 11 is 6.05. The lowest BCUT2D eigenvalue weighted by Gasteiger charge is -2.29. The van der Waals surface area contributed by atoms with E-state index in [1.165, 1.54) is 0 Å². The van der Waals surface area contributed by atoms with Gasteiger partial charge in [0.15, 0.2) is 5.94 Å². The molecule has 0 spiro atoms. The maximum atomic E-state index is 11.5. The number of nitrogens with zero attached hydrogens (tertiary/aromatic N) is 2. The van der Waals surface area contributed by atoms with Crippen LogP contribution in [0.3, 0.4) is 0 Å². The van der Waals surface area contributed by atoms with Gasteiger partial charge >= 0.3 is 0 Å². The predicted molar refractivity (Wildman–Crippen MR) is 89.0 cm³/mol. The van der Waals surface area contributed by atoms with E-state index in [1.807, 2.05) is 5.94 Å². The topological polar surface area (TPSA) is 64.1 Å². The fraction of sp³-hybridized carbons (Fsp3) is 0.647. The molecule has 0 unspecified atom stereocenters. The van der Waals surface area contributed by atoms with Crippen LogP contribution in [-0.4, -0.2) is 35.2 Å². The Morgan fingerprint density at radius 2 is 1.96 bits per heavy atom. The number of halogens is 1. The number of aromatic nitrogens is 2. The van der Waals surface area contributed by atoms with E-state index in [4.69, 9.17) is 16.3 Å². The number of ether oxygens (including phenoxy) is 1. The van der Waals surface area contributed by atoms with E-state index in [9.17, 15) is 4.79 Å². The monoisotopic (exact) mass is 335 g/mol. The van der Waals surface area contributed by atoms with Crippen molar-refractivity contribution >= 4 is 23.2 Å². The molecule has 1 N–H and O–H groups in total. The number of fused-ring (bicyclic) bond motifs is 1. The van der Waals surface area contributed by atoms with Gasteiger partial charge in [0.2, 0.25) is 5.28 Å². The summed E-state index contributed by atoms with van der Waals surface area (Å²) in [7, 11) is 1.75. The first-order valence-corrected chi connectivity index (χ1v) is 8.69. The molecule has 0 aromatic carbocycles. The molecule has 1 heterocycles. The van der Waals surface area contributed by atoms with Crippen molar-refractivity contribution in [1.82, 2.24) is 15.3 Å². The van der Waals surface area contributed by atoms with E-state index in [-0.39, 0.29) is 11.3 Å². The number of carbonyl (C=O) groups excluding carboxylic acids is 1. The molecule has 124 valence electrons. The zero-order valence-electron chi connectivity index (χ0n) is 13.4. The second-order valence-electron chi connectivity index (χ2n) is 6.30. The van der Waals surface area contributed by atoms with Crippen LogP contribution >= 0.6 is 11.6 Å². The van der Waals surface area contributed by atoms with Crippen molar-refractivity contribution in [3.05, 3.63) is 22.2 Å². The molecule has 1 saturated carbocycles. The van der Waals surface area contributed by atoms with Crippen LogP contribution in [0.15, 0.2) is 0 Å². The van der Waals surface area contributed by atoms with Crippen molar-refractivity contribution in [1.29, 1.82) is 0 Å². The van der Waals surface area contributed by atoms with Gasteiger partial charge in [-0.3, -0.25) is 0 Å². The van der Waals surface area contributed by atoms with Gasteiger partial charge in [0.05, 0.1) is 6.10 Å². The zero-order chi connectivity index (χ0) is 16.2. The zero-order valence-corrected chi connectivity index (χ0v) is 14.2. The Morgan fingerprint density at radius 3 is 2.65 bits per heavy atom. The van der Waals surface area contributed by atoms with Crippen molar-refractivity contribution < 1.29 is 9.53 Å². The molecular formula is C17H22ClN3O2. The molecule has 6 heteroatoms. The second-order valence-corrected chi connectivity index (χ2v) is 6.64. The van der Waals surface area contributed by atoms with E-state index < -0.39 is 0 Å². The number of nitrogens with one attached hydrogen (secondary N) is 1. The van der Waals surface area contributed by atoms with E-state index in [2.05, 4.69) is 15.3 Å². The third-order valence-electron chi connectivity index (χ3n) is 4.85. The Kier molecular flexibility index (Phi) is 5.31. The summed E-state index contributed by atoms with van der Waals surface area (Å²) in [6.45, 7) is 0. The predicted octanol–water partition coefficient (Wildman–Crippen LogP) is 2.73. The van der Waals surface area contributed by atoms with Gasteiger partial charge in [-0.25, -0.2) is 14.8 Å². The van der Waals surface area contributed by atoms with Crippen molar-refractivity contribution in [2.75, 3.05) is 7.11 Å². The molecular weight excluding hydrogens is 314 g/mol. The summed E-state index contributed by atoms with van der Waals surface area (Å²) in [5.41, 5.74) is 3.10. The highest BCUT2D eigenvalue weighted by Gasteiger charge is 2.25. The highest BCUT2D eigenvalue weighted by Crippen LogP contribution is 2.28. The van der Waals surface area contributed by atoms with E-state index in [0.29, 0.717) is 17.5 Å². The molecule has 0 amide bonds.